The van der Waals surface area contributed by atoms with E-state index in [-0.39, 0.29) is 17.0 Å². The maximum atomic E-state index is 10.8. The molecule has 0 spiro atoms. The monoisotopic (exact) mass is 239 g/mol. The summed E-state index contributed by atoms with van der Waals surface area (Å²) in [4.78, 5) is 20.8. The van der Waals surface area contributed by atoms with Crippen molar-refractivity contribution in [1.29, 1.82) is 0 Å². The van der Waals surface area contributed by atoms with E-state index in [0.717, 1.165) is 0 Å². The highest BCUT2D eigenvalue weighted by atomic mass is 16.6. The fourth-order valence-electron chi connectivity index (χ4n) is 1.59. The average Bonchev–Trinajstić information content (AvgIpc) is 2.27. The third-order valence-electron chi connectivity index (χ3n) is 2.28. The SMILES string of the molecule is O=C(O)Cc1cc2c(cc1[N+](=O)[O-])OCCO2. The number of aliphatic carboxylic acids is 1. The van der Waals surface area contributed by atoms with Gasteiger partial charge in [0.2, 0.25) is 0 Å². The summed E-state index contributed by atoms with van der Waals surface area (Å²) in [6, 6.07) is 2.55. The predicted octanol–water partition coefficient (Wildman–Crippen LogP) is 0.993. The van der Waals surface area contributed by atoms with Gasteiger partial charge in [0.15, 0.2) is 11.5 Å². The Morgan fingerprint density at radius 1 is 1.35 bits per heavy atom. The maximum absolute atomic E-state index is 10.8. The van der Waals surface area contributed by atoms with Gasteiger partial charge in [-0.3, -0.25) is 14.9 Å². The lowest BCUT2D eigenvalue weighted by molar-refractivity contribution is -0.385. The number of nitro groups is 1. The molecule has 2 rings (SSSR count). The number of benzene rings is 1. The summed E-state index contributed by atoms with van der Waals surface area (Å²) >= 11 is 0. The number of hydrogen-bond acceptors (Lipinski definition) is 5. The van der Waals surface area contributed by atoms with E-state index in [1.54, 1.807) is 0 Å². The van der Waals surface area contributed by atoms with Gasteiger partial charge in [-0.25, -0.2) is 0 Å². The molecule has 0 bridgehead atoms. The van der Waals surface area contributed by atoms with Gasteiger partial charge in [0.05, 0.1) is 17.4 Å². The van der Waals surface area contributed by atoms with Crippen molar-refractivity contribution in [3.05, 3.63) is 27.8 Å². The third-order valence-corrected chi connectivity index (χ3v) is 2.28. The Morgan fingerprint density at radius 2 is 1.94 bits per heavy atom. The van der Waals surface area contributed by atoms with Crippen LogP contribution in [0.4, 0.5) is 5.69 Å². The van der Waals surface area contributed by atoms with Gasteiger partial charge in [0, 0.05) is 5.56 Å². The zero-order valence-corrected chi connectivity index (χ0v) is 8.71. The average molecular weight is 239 g/mol. The lowest BCUT2D eigenvalue weighted by Crippen LogP contribution is -2.16. The first kappa shape index (κ1) is 11.2. The molecule has 1 aliphatic rings. The number of rotatable bonds is 3. The third kappa shape index (κ3) is 2.27. The van der Waals surface area contributed by atoms with Crippen molar-refractivity contribution in [2.24, 2.45) is 0 Å². The van der Waals surface area contributed by atoms with Crippen molar-refractivity contribution < 1.29 is 24.3 Å². The molecule has 1 aliphatic heterocycles. The molecule has 1 aromatic rings. The van der Waals surface area contributed by atoms with Crippen LogP contribution in [0.5, 0.6) is 11.5 Å². The van der Waals surface area contributed by atoms with Crippen LogP contribution in [0.25, 0.3) is 0 Å². The summed E-state index contributed by atoms with van der Waals surface area (Å²) in [5.41, 5.74) is -0.164. The van der Waals surface area contributed by atoms with Crippen LogP contribution in [0.1, 0.15) is 5.56 Å². The largest absolute Gasteiger partial charge is 0.486 e. The standard InChI is InChI=1S/C10H9NO6/c12-10(13)4-6-3-8-9(17-2-1-16-8)5-7(6)11(14)15/h3,5H,1-2,4H2,(H,12,13). The van der Waals surface area contributed by atoms with Gasteiger partial charge in [0.25, 0.3) is 5.69 Å². The molecule has 0 aromatic heterocycles. The number of fused-ring (bicyclic) bond motifs is 1. The molecular formula is C10H9NO6. The zero-order chi connectivity index (χ0) is 12.4. The van der Waals surface area contributed by atoms with Crippen molar-refractivity contribution in [2.45, 2.75) is 6.42 Å². The Balaban J connectivity index is 2.47. The second kappa shape index (κ2) is 4.28. The predicted molar refractivity (Wildman–Crippen MR) is 55.4 cm³/mol. The minimum atomic E-state index is -1.13. The molecule has 0 unspecified atom stereocenters. The van der Waals surface area contributed by atoms with Gasteiger partial charge in [-0.2, -0.15) is 0 Å². The second-order valence-electron chi connectivity index (χ2n) is 3.45. The normalized spacial score (nSPS) is 13.2. The zero-order valence-electron chi connectivity index (χ0n) is 8.71. The fourth-order valence-corrected chi connectivity index (χ4v) is 1.59. The second-order valence-corrected chi connectivity index (χ2v) is 3.45. The van der Waals surface area contributed by atoms with Gasteiger partial charge in [-0.15, -0.1) is 0 Å². The Kier molecular flexibility index (Phi) is 2.82. The van der Waals surface area contributed by atoms with Crippen molar-refractivity contribution in [3.8, 4) is 11.5 Å². The van der Waals surface area contributed by atoms with Crippen LogP contribution in [-0.2, 0) is 11.2 Å². The van der Waals surface area contributed by atoms with Crippen LogP contribution >= 0.6 is 0 Å². The summed E-state index contributed by atoms with van der Waals surface area (Å²) in [7, 11) is 0. The number of ether oxygens (including phenoxy) is 2. The molecule has 0 atom stereocenters. The van der Waals surface area contributed by atoms with E-state index in [9.17, 15) is 14.9 Å². The lowest BCUT2D eigenvalue weighted by Gasteiger charge is -2.18. The highest BCUT2D eigenvalue weighted by molar-refractivity contribution is 5.73. The Morgan fingerprint density at radius 3 is 2.47 bits per heavy atom. The van der Waals surface area contributed by atoms with Crippen molar-refractivity contribution >= 4 is 11.7 Å². The molecule has 7 heteroatoms. The first-order valence-corrected chi connectivity index (χ1v) is 4.86. The smallest absolute Gasteiger partial charge is 0.308 e. The van der Waals surface area contributed by atoms with E-state index in [0.29, 0.717) is 19.0 Å². The molecule has 0 saturated carbocycles. The molecule has 0 aliphatic carbocycles. The van der Waals surface area contributed by atoms with E-state index in [4.69, 9.17) is 14.6 Å². The number of carbonyl (C=O) groups is 1. The lowest BCUT2D eigenvalue weighted by atomic mass is 10.1. The number of nitro benzene ring substituents is 1. The van der Waals surface area contributed by atoms with Gasteiger partial charge in [-0.05, 0) is 6.07 Å². The van der Waals surface area contributed by atoms with Crippen LogP contribution in [0.2, 0.25) is 0 Å². The van der Waals surface area contributed by atoms with Crippen molar-refractivity contribution in [1.82, 2.24) is 0 Å². The van der Waals surface area contributed by atoms with Crippen LogP contribution in [0.15, 0.2) is 12.1 Å². The van der Waals surface area contributed by atoms with Crippen LogP contribution in [-0.4, -0.2) is 29.2 Å². The number of nitrogens with zero attached hydrogens (tertiary/aromatic N) is 1. The molecule has 0 fully saturated rings. The Labute approximate surface area is 95.7 Å². The molecular weight excluding hydrogens is 230 g/mol. The van der Waals surface area contributed by atoms with Crippen LogP contribution in [0, 0.1) is 10.1 Å². The first-order chi connectivity index (χ1) is 8.08. The summed E-state index contributed by atoms with van der Waals surface area (Å²) in [6.45, 7) is 0.666. The van der Waals surface area contributed by atoms with E-state index < -0.39 is 17.3 Å². The topological polar surface area (TPSA) is 98.9 Å². The molecule has 0 saturated heterocycles. The number of hydrogen-bond donors (Lipinski definition) is 1. The van der Waals surface area contributed by atoms with E-state index >= 15 is 0 Å². The summed E-state index contributed by atoms with van der Waals surface area (Å²) in [5.74, 6) is -0.514. The Bertz CT molecular complexity index is 484. The summed E-state index contributed by atoms with van der Waals surface area (Å²) in [6.07, 6.45) is -0.424. The van der Waals surface area contributed by atoms with Gasteiger partial charge in [0.1, 0.15) is 13.2 Å². The van der Waals surface area contributed by atoms with Gasteiger partial charge >= 0.3 is 5.97 Å². The number of carboxylic acid groups (broad SMARTS) is 1. The highest BCUT2D eigenvalue weighted by Gasteiger charge is 2.23. The van der Waals surface area contributed by atoms with E-state index in [1.807, 2.05) is 0 Å². The summed E-state index contributed by atoms with van der Waals surface area (Å²) < 4.78 is 10.4. The minimum Gasteiger partial charge on any atom is -0.486 e. The molecule has 1 heterocycles. The van der Waals surface area contributed by atoms with Crippen LogP contribution < -0.4 is 9.47 Å². The fraction of sp³-hybridized carbons (Fsp3) is 0.300. The maximum Gasteiger partial charge on any atom is 0.308 e. The molecule has 7 nitrogen and oxygen atoms in total. The molecule has 90 valence electrons. The van der Waals surface area contributed by atoms with Crippen molar-refractivity contribution in [2.75, 3.05) is 13.2 Å². The van der Waals surface area contributed by atoms with Gasteiger partial charge in [-0.1, -0.05) is 0 Å². The van der Waals surface area contributed by atoms with Crippen LogP contribution in [0.3, 0.4) is 0 Å². The molecule has 17 heavy (non-hydrogen) atoms. The molecule has 0 amide bonds. The minimum absolute atomic E-state index is 0.103. The van der Waals surface area contributed by atoms with Gasteiger partial charge < -0.3 is 14.6 Å². The molecule has 1 aromatic carbocycles. The number of carboxylic acids is 1. The highest BCUT2D eigenvalue weighted by Crippen LogP contribution is 2.36. The quantitative estimate of drug-likeness (QED) is 0.623. The van der Waals surface area contributed by atoms with E-state index in [2.05, 4.69) is 0 Å². The molecule has 1 N–H and O–H groups in total. The van der Waals surface area contributed by atoms with E-state index in [1.165, 1.54) is 12.1 Å². The molecule has 0 radical (unpaired) electrons. The first-order valence-electron chi connectivity index (χ1n) is 4.86. The summed E-state index contributed by atoms with van der Waals surface area (Å²) in [5, 5.41) is 19.5. The Hall–Kier alpha value is -2.31. The van der Waals surface area contributed by atoms with Crippen molar-refractivity contribution in [3.63, 3.8) is 0 Å².